The number of hydrogen-bond acceptors (Lipinski definition) is 3. The fourth-order valence-corrected chi connectivity index (χ4v) is 1.75. The standard InChI is InChI=1S/C15H23N3/c1-5-11(3)13(6-2)10-17-12(4)14-8-7-9-15(16)18-14/h7-9H,5-6,10H2,1-4H3,(H2,16,18)/b13-11+,17-12?. The van der Waals surface area contributed by atoms with Gasteiger partial charge in [0.2, 0.25) is 0 Å². The fourth-order valence-electron chi connectivity index (χ4n) is 1.75. The van der Waals surface area contributed by atoms with Crippen LogP contribution in [0.2, 0.25) is 0 Å². The zero-order valence-corrected chi connectivity index (χ0v) is 11.8. The van der Waals surface area contributed by atoms with Gasteiger partial charge in [-0.05, 0) is 38.8 Å². The molecular formula is C15H23N3. The van der Waals surface area contributed by atoms with E-state index in [-0.39, 0.29) is 0 Å². The van der Waals surface area contributed by atoms with E-state index in [1.807, 2.05) is 19.1 Å². The third-order valence-corrected chi connectivity index (χ3v) is 3.21. The Morgan fingerprint density at radius 2 is 1.94 bits per heavy atom. The highest BCUT2D eigenvalue weighted by Crippen LogP contribution is 2.12. The van der Waals surface area contributed by atoms with Crippen LogP contribution in [0.15, 0.2) is 34.3 Å². The number of nitrogen functional groups attached to an aromatic ring is 1. The predicted molar refractivity (Wildman–Crippen MR) is 79.0 cm³/mol. The molecule has 0 atom stereocenters. The van der Waals surface area contributed by atoms with Crippen molar-refractivity contribution >= 4 is 11.5 Å². The number of allylic oxidation sites excluding steroid dienone is 1. The summed E-state index contributed by atoms with van der Waals surface area (Å²) >= 11 is 0. The van der Waals surface area contributed by atoms with Crippen LogP contribution in [0.5, 0.6) is 0 Å². The van der Waals surface area contributed by atoms with E-state index in [0.717, 1.165) is 30.8 Å². The lowest BCUT2D eigenvalue weighted by Crippen LogP contribution is -2.03. The second kappa shape index (κ2) is 6.94. The number of nitrogens with two attached hydrogens (primary N) is 1. The van der Waals surface area contributed by atoms with Crippen molar-refractivity contribution in [2.75, 3.05) is 12.3 Å². The molecule has 1 heterocycles. The number of nitrogens with zero attached hydrogens (tertiary/aromatic N) is 2. The van der Waals surface area contributed by atoms with Crippen LogP contribution in [0, 0.1) is 0 Å². The Morgan fingerprint density at radius 1 is 1.22 bits per heavy atom. The third-order valence-electron chi connectivity index (χ3n) is 3.21. The first kappa shape index (κ1) is 14.4. The summed E-state index contributed by atoms with van der Waals surface area (Å²) in [6.07, 6.45) is 2.15. The van der Waals surface area contributed by atoms with Gasteiger partial charge in [-0.2, -0.15) is 0 Å². The van der Waals surface area contributed by atoms with Gasteiger partial charge >= 0.3 is 0 Å². The lowest BCUT2D eigenvalue weighted by molar-refractivity contribution is 0.933. The molecule has 0 aliphatic carbocycles. The van der Waals surface area contributed by atoms with Crippen molar-refractivity contribution in [2.24, 2.45) is 4.99 Å². The Morgan fingerprint density at radius 3 is 2.50 bits per heavy atom. The van der Waals surface area contributed by atoms with Gasteiger partial charge in [0.15, 0.2) is 0 Å². The van der Waals surface area contributed by atoms with Crippen LogP contribution in [-0.2, 0) is 0 Å². The molecule has 2 N–H and O–H groups in total. The van der Waals surface area contributed by atoms with Crippen molar-refractivity contribution in [1.29, 1.82) is 0 Å². The molecule has 18 heavy (non-hydrogen) atoms. The molecule has 0 saturated carbocycles. The van der Waals surface area contributed by atoms with Gasteiger partial charge in [-0.3, -0.25) is 4.99 Å². The lowest BCUT2D eigenvalue weighted by Gasteiger charge is -2.07. The van der Waals surface area contributed by atoms with E-state index in [1.165, 1.54) is 11.1 Å². The molecule has 0 aliphatic heterocycles. The Bertz CT molecular complexity index is 459. The number of aliphatic imine (C=N–C) groups is 1. The molecule has 0 unspecified atom stereocenters. The van der Waals surface area contributed by atoms with Crippen LogP contribution in [0.4, 0.5) is 5.82 Å². The molecule has 0 radical (unpaired) electrons. The molecule has 0 fully saturated rings. The second-order valence-corrected chi connectivity index (χ2v) is 4.44. The largest absolute Gasteiger partial charge is 0.384 e. The van der Waals surface area contributed by atoms with Gasteiger partial charge in [-0.1, -0.05) is 31.1 Å². The maximum atomic E-state index is 5.67. The van der Waals surface area contributed by atoms with Gasteiger partial charge in [0.25, 0.3) is 0 Å². The van der Waals surface area contributed by atoms with E-state index >= 15 is 0 Å². The summed E-state index contributed by atoms with van der Waals surface area (Å²) in [7, 11) is 0. The molecule has 1 aromatic heterocycles. The molecule has 0 amide bonds. The van der Waals surface area contributed by atoms with E-state index in [0.29, 0.717) is 5.82 Å². The highest BCUT2D eigenvalue weighted by Gasteiger charge is 2.01. The Balaban J connectivity index is 2.85. The smallest absolute Gasteiger partial charge is 0.124 e. The highest BCUT2D eigenvalue weighted by molar-refractivity contribution is 5.97. The molecule has 1 aromatic rings. The molecule has 0 spiro atoms. The quantitative estimate of drug-likeness (QED) is 0.636. The first-order valence-electron chi connectivity index (χ1n) is 6.49. The van der Waals surface area contributed by atoms with Gasteiger partial charge in [0, 0.05) is 0 Å². The number of anilines is 1. The maximum absolute atomic E-state index is 5.67. The van der Waals surface area contributed by atoms with Crippen LogP contribution in [0.25, 0.3) is 0 Å². The molecule has 0 aromatic carbocycles. The van der Waals surface area contributed by atoms with E-state index in [1.54, 1.807) is 6.07 Å². The summed E-state index contributed by atoms with van der Waals surface area (Å²) in [6.45, 7) is 9.29. The average molecular weight is 245 g/mol. The Labute approximate surface area is 110 Å². The monoisotopic (exact) mass is 245 g/mol. The topological polar surface area (TPSA) is 51.3 Å². The first-order chi connectivity index (χ1) is 8.58. The normalized spacial score (nSPS) is 13.4. The summed E-state index contributed by atoms with van der Waals surface area (Å²) in [5.74, 6) is 0.540. The van der Waals surface area contributed by atoms with Crippen molar-refractivity contribution in [3.8, 4) is 0 Å². The first-order valence-corrected chi connectivity index (χ1v) is 6.49. The number of hydrogen-bond donors (Lipinski definition) is 1. The van der Waals surface area contributed by atoms with Gasteiger partial charge in [-0.15, -0.1) is 0 Å². The van der Waals surface area contributed by atoms with Gasteiger partial charge in [0.05, 0.1) is 18.0 Å². The maximum Gasteiger partial charge on any atom is 0.124 e. The number of rotatable bonds is 5. The minimum Gasteiger partial charge on any atom is -0.384 e. The molecule has 0 bridgehead atoms. The molecule has 98 valence electrons. The van der Waals surface area contributed by atoms with Crippen molar-refractivity contribution in [3.63, 3.8) is 0 Å². The second-order valence-electron chi connectivity index (χ2n) is 4.44. The zero-order valence-electron chi connectivity index (χ0n) is 11.8. The van der Waals surface area contributed by atoms with Gasteiger partial charge < -0.3 is 5.73 Å². The molecule has 3 heteroatoms. The molecule has 0 saturated heterocycles. The minimum atomic E-state index is 0.540. The van der Waals surface area contributed by atoms with Gasteiger partial charge in [-0.25, -0.2) is 4.98 Å². The SMILES string of the molecule is CC/C(C)=C(\CC)CN=C(C)c1cccc(N)n1. The van der Waals surface area contributed by atoms with Crippen molar-refractivity contribution in [2.45, 2.75) is 40.5 Å². The van der Waals surface area contributed by atoms with Crippen LogP contribution < -0.4 is 5.73 Å². The van der Waals surface area contributed by atoms with E-state index in [9.17, 15) is 0 Å². The van der Waals surface area contributed by atoms with E-state index in [2.05, 4.69) is 30.7 Å². The highest BCUT2D eigenvalue weighted by atomic mass is 14.9. The zero-order chi connectivity index (χ0) is 13.5. The number of aromatic nitrogens is 1. The summed E-state index contributed by atoms with van der Waals surface area (Å²) in [5.41, 5.74) is 10.3. The van der Waals surface area contributed by atoms with E-state index < -0.39 is 0 Å². The Hall–Kier alpha value is -1.64. The van der Waals surface area contributed by atoms with Crippen LogP contribution in [0.1, 0.15) is 46.2 Å². The summed E-state index contributed by atoms with van der Waals surface area (Å²) in [4.78, 5) is 8.89. The molecule has 1 rings (SSSR count). The van der Waals surface area contributed by atoms with Crippen LogP contribution >= 0.6 is 0 Å². The summed E-state index contributed by atoms with van der Waals surface area (Å²) < 4.78 is 0. The lowest BCUT2D eigenvalue weighted by atomic mass is 10.1. The molecular weight excluding hydrogens is 222 g/mol. The van der Waals surface area contributed by atoms with Crippen molar-refractivity contribution in [3.05, 3.63) is 35.0 Å². The van der Waals surface area contributed by atoms with Crippen molar-refractivity contribution in [1.82, 2.24) is 4.98 Å². The predicted octanol–water partition coefficient (Wildman–Crippen LogP) is 3.61. The fraction of sp³-hybridized carbons (Fsp3) is 0.467. The third kappa shape index (κ3) is 3.99. The average Bonchev–Trinajstić information content (AvgIpc) is 2.38. The van der Waals surface area contributed by atoms with Crippen LogP contribution in [-0.4, -0.2) is 17.2 Å². The van der Waals surface area contributed by atoms with Crippen molar-refractivity contribution < 1.29 is 0 Å². The van der Waals surface area contributed by atoms with E-state index in [4.69, 9.17) is 5.73 Å². The summed E-state index contributed by atoms with van der Waals surface area (Å²) in [6, 6.07) is 5.64. The number of pyridine rings is 1. The minimum absolute atomic E-state index is 0.540. The molecule has 3 nitrogen and oxygen atoms in total. The van der Waals surface area contributed by atoms with Crippen LogP contribution in [0.3, 0.4) is 0 Å². The Kier molecular flexibility index (Phi) is 5.56. The molecule has 0 aliphatic rings. The summed E-state index contributed by atoms with van der Waals surface area (Å²) in [5, 5.41) is 0. The van der Waals surface area contributed by atoms with Gasteiger partial charge in [0.1, 0.15) is 5.82 Å².